The number of piperazine rings is 1. The van der Waals surface area contributed by atoms with Gasteiger partial charge in [-0.3, -0.25) is 9.69 Å². The minimum absolute atomic E-state index is 0. The summed E-state index contributed by atoms with van der Waals surface area (Å²) in [6.07, 6.45) is 2.50. The van der Waals surface area contributed by atoms with E-state index in [1.807, 2.05) is 4.90 Å². The Morgan fingerprint density at radius 3 is 2.65 bits per heavy atom. The number of nitrogens with one attached hydrogen (secondary N) is 1. The third-order valence-electron chi connectivity index (χ3n) is 4.52. The molecule has 1 N–H and O–H groups in total. The zero-order chi connectivity index (χ0) is 14.5. The molecule has 1 amide bonds. The summed E-state index contributed by atoms with van der Waals surface area (Å²) in [4.78, 5) is 16.5. The molecule has 0 bridgehead atoms. The number of nitrogens with zero attached hydrogens (tertiary/aromatic N) is 2. The van der Waals surface area contributed by atoms with Crippen LogP contribution in [0.1, 0.15) is 18.4 Å². The fourth-order valence-corrected chi connectivity index (χ4v) is 3.44. The molecule has 0 radical (unpaired) electrons. The summed E-state index contributed by atoms with van der Waals surface area (Å²) in [7, 11) is 0. The van der Waals surface area contributed by atoms with Crippen molar-refractivity contribution >= 4 is 30.7 Å². The first kappa shape index (κ1) is 20.2. The summed E-state index contributed by atoms with van der Waals surface area (Å²) in [5, 5.41) is 3.14. The fourth-order valence-electron chi connectivity index (χ4n) is 3.44. The normalized spacial score (nSPS) is 22.2. The summed E-state index contributed by atoms with van der Waals surface area (Å²) in [6, 6.07) is 10.7. The van der Waals surface area contributed by atoms with E-state index in [1.165, 1.54) is 24.9 Å². The molecule has 2 fully saturated rings. The lowest BCUT2D eigenvalue weighted by Crippen LogP contribution is -2.51. The van der Waals surface area contributed by atoms with Crippen LogP contribution in [0.5, 0.6) is 0 Å². The number of likely N-dealkylation sites (tertiary alicyclic amines) is 1. The molecule has 4 nitrogen and oxygen atoms in total. The molecule has 2 saturated heterocycles. The van der Waals surface area contributed by atoms with Crippen molar-refractivity contribution in [3.63, 3.8) is 0 Å². The summed E-state index contributed by atoms with van der Waals surface area (Å²) in [5.41, 5.74) is 1.39. The largest absolute Gasteiger partial charge is 0.340 e. The van der Waals surface area contributed by atoms with E-state index in [0.29, 0.717) is 12.5 Å². The molecule has 0 saturated carbocycles. The topological polar surface area (TPSA) is 35.6 Å². The van der Waals surface area contributed by atoms with Gasteiger partial charge in [0.1, 0.15) is 0 Å². The molecule has 2 heterocycles. The van der Waals surface area contributed by atoms with E-state index in [-0.39, 0.29) is 30.7 Å². The summed E-state index contributed by atoms with van der Waals surface area (Å²) >= 11 is 0. The first-order valence-corrected chi connectivity index (χ1v) is 8.06. The first-order valence-electron chi connectivity index (χ1n) is 8.06. The highest BCUT2D eigenvalue weighted by Gasteiger charge is 2.25. The van der Waals surface area contributed by atoms with E-state index >= 15 is 0 Å². The summed E-state index contributed by atoms with van der Waals surface area (Å²) in [6.45, 7) is 6.59. The van der Waals surface area contributed by atoms with Crippen LogP contribution in [0.2, 0.25) is 0 Å². The van der Waals surface area contributed by atoms with Gasteiger partial charge in [0.25, 0.3) is 0 Å². The molecule has 2 aliphatic rings. The first-order chi connectivity index (χ1) is 10.3. The lowest BCUT2D eigenvalue weighted by molar-refractivity contribution is -0.132. The van der Waals surface area contributed by atoms with Crippen LogP contribution in [0.15, 0.2) is 30.3 Å². The van der Waals surface area contributed by atoms with Crippen molar-refractivity contribution in [3.05, 3.63) is 35.9 Å². The Labute approximate surface area is 151 Å². The maximum atomic E-state index is 11.9. The van der Waals surface area contributed by atoms with Gasteiger partial charge < -0.3 is 10.2 Å². The van der Waals surface area contributed by atoms with E-state index in [4.69, 9.17) is 0 Å². The van der Waals surface area contributed by atoms with Crippen molar-refractivity contribution < 1.29 is 4.79 Å². The van der Waals surface area contributed by atoms with Crippen LogP contribution < -0.4 is 5.32 Å². The predicted octanol–water partition coefficient (Wildman–Crippen LogP) is 2.17. The SMILES string of the molecule is Cl.Cl.O=C1CNCCN1CC1CCCN(Cc2ccccc2)C1. The monoisotopic (exact) mass is 359 g/mol. The number of hydrogen-bond donors (Lipinski definition) is 1. The lowest BCUT2D eigenvalue weighted by atomic mass is 9.96. The van der Waals surface area contributed by atoms with Gasteiger partial charge in [-0.15, -0.1) is 24.8 Å². The zero-order valence-electron chi connectivity index (χ0n) is 13.4. The number of carbonyl (C=O) groups is 1. The van der Waals surface area contributed by atoms with Crippen LogP contribution >= 0.6 is 24.8 Å². The number of amides is 1. The molecule has 0 spiro atoms. The van der Waals surface area contributed by atoms with Gasteiger partial charge in [-0.1, -0.05) is 30.3 Å². The average Bonchev–Trinajstić information content (AvgIpc) is 2.51. The molecule has 23 heavy (non-hydrogen) atoms. The molecule has 0 aromatic heterocycles. The van der Waals surface area contributed by atoms with Crippen molar-refractivity contribution in [3.8, 4) is 0 Å². The minimum atomic E-state index is 0. The molecular formula is C17H27Cl2N3O. The van der Waals surface area contributed by atoms with Crippen LogP contribution in [-0.4, -0.2) is 55.0 Å². The highest BCUT2D eigenvalue weighted by atomic mass is 35.5. The molecule has 130 valence electrons. The molecule has 1 aromatic rings. The van der Waals surface area contributed by atoms with E-state index in [1.54, 1.807) is 0 Å². The van der Waals surface area contributed by atoms with Gasteiger partial charge in [0, 0.05) is 32.7 Å². The molecule has 1 unspecified atom stereocenters. The smallest absolute Gasteiger partial charge is 0.236 e. The lowest BCUT2D eigenvalue weighted by Gasteiger charge is -2.37. The second-order valence-corrected chi connectivity index (χ2v) is 6.25. The number of rotatable bonds is 4. The van der Waals surface area contributed by atoms with Crippen LogP contribution in [0.3, 0.4) is 0 Å². The van der Waals surface area contributed by atoms with Crippen molar-refractivity contribution in [2.45, 2.75) is 19.4 Å². The van der Waals surface area contributed by atoms with Crippen molar-refractivity contribution in [2.75, 3.05) is 39.3 Å². The van der Waals surface area contributed by atoms with Gasteiger partial charge >= 0.3 is 0 Å². The van der Waals surface area contributed by atoms with Crippen LogP contribution in [0.25, 0.3) is 0 Å². The summed E-state index contributed by atoms with van der Waals surface area (Å²) in [5.74, 6) is 0.894. The molecule has 0 aliphatic carbocycles. The van der Waals surface area contributed by atoms with Crippen LogP contribution in [0, 0.1) is 5.92 Å². The Morgan fingerprint density at radius 2 is 1.91 bits per heavy atom. The average molecular weight is 360 g/mol. The third kappa shape index (κ3) is 5.96. The van der Waals surface area contributed by atoms with Crippen molar-refractivity contribution in [2.24, 2.45) is 5.92 Å². The van der Waals surface area contributed by atoms with Gasteiger partial charge in [-0.2, -0.15) is 0 Å². The van der Waals surface area contributed by atoms with E-state index in [0.717, 1.165) is 32.7 Å². The Bertz CT molecular complexity index is 472. The van der Waals surface area contributed by atoms with Gasteiger partial charge in [0.2, 0.25) is 5.91 Å². The number of hydrogen-bond acceptors (Lipinski definition) is 3. The van der Waals surface area contributed by atoms with E-state index in [2.05, 4.69) is 40.5 Å². The minimum Gasteiger partial charge on any atom is -0.340 e. The molecule has 1 atom stereocenters. The maximum Gasteiger partial charge on any atom is 0.236 e. The molecule has 3 rings (SSSR count). The second-order valence-electron chi connectivity index (χ2n) is 6.25. The second kappa shape index (κ2) is 10.1. The highest BCUT2D eigenvalue weighted by Crippen LogP contribution is 2.20. The van der Waals surface area contributed by atoms with Gasteiger partial charge in [0.05, 0.1) is 6.54 Å². The molecule has 1 aromatic carbocycles. The van der Waals surface area contributed by atoms with Crippen LogP contribution in [-0.2, 0) is 11.3 Å². The number of piperidine rings is 1. The summed E-state index contributed by atoms with van der Waals surface area (Å²) < 4.78 is 0. The number of halogens is 2. The van der Waals surface area contributed by atoms with E-state index < -0.39 is 0 Å². The number of benzene rings is 1. The van der Waals surface area contributed by atoms with Crippen LogP contribution in [0.4, 0.5) is 0 Å². The molecule has 2 aliphatic heterocycles. The molecular weight excluding hydrogens is 333 g/mol. The van der Waals surface area contributed by atoms with Crippen molar-refractivity contribution in [1.29, 1.82) is 0 Å². The van der Waals surface area contributed by atoms with Gasteiger partial charge in [0.15, 0.2) is 0 Å². The predicted molar refractivity (Wildman–Crippen MR) is 98.4 cm³/mol. The maximum absolute atomic E-state index is 11.9. The quantitative estimate of drug-likeness (QED) is 0.894. The van der Waals surface area contributed by atoms with Gasteiger partial charge in [-0.25, -0.2) is 0 Å². The Hall–Kier alpha value is -0.810. The Kier molecular flexibility index (Phi) is 8.92. The van der Waals surface area contributed by atoms with Gasteiger partial charge in [-0.05, 0) is 30.9 Å². The fraction of sp³-hybridized carbons (Fsp3) is 0.588. The zero-order valence-corrected chi connectivity index (χ0v) is 15.1. The van der Waals surface area contributed by atoms with E-state index in [9.17, 15) is 4.79 Å². The number of carbonyl (C=O) groups excluding carboxylic acids is 1. The third-order valence-corrected chi connectivity index (χ3v) is 4.52. The Morgan fingerprint density at radius 1 is 1.13 bits per heavy atom. The van der Waals surface area contributed by atoms with Crippen molar-refractivity contribution in [1.82, 2.24) is 15.1 Å². The highest BCUT2D eigenvalue weighted by molar-refractivity contribution is 5.85. The standard InChI is InChI=1S/C17H25N3O.2ClH/c21-17-11-18-8-10-20(17)14-16-7-4-9-19(13-16)12-15-5-2-1-3-6-15;;/h1-3,5-6,16,18H,4,7-14H2;2*1H. The Balaban J connectivity index is 0.00000132. The molecule has 6 heteroatoms.